The van der Waals surface area contributed by atoms with Crippen LogP contribution in [-0.2, 0) is 0 Å². The van der Waals surface area contributed by atoms with E-state index in [1.165, 1.54) is 16.3 Å². The third kappa shape index (κ3) is 2.89. The molecule has 3 heteroatoms. The summed E-state index contributed by atoms with van der Waals surface area (Å²) in [6, 6.07) is 20.3. The largest absolute Gasteiger partial charge is 0.361 e. The van der Waals surface area contributed by atoms with Crippen molar-refractivity contribution in [3.05, 3.63) is 77.5 Å². The van der Waals surface area contributed by atoms with Gasteiger partial charge >= 0.3 is 0 Å². The second-order valence-corrected chi connectivity index (χ2v) is 5.32. The SMILES string of the molecule is Brc1ccc2cc[nH]c2c1.c1ccc2ncccc2c1. The minimum absolute atomic E-state index is 1.06. The summed E-state index contributed by atoms with van der Waals surface area (Å²) in [6.45, 7) is 0. The first-order chi connectivity index (χ1) is 9.83. The molecule has 4 rings (SSSR count). The van der Waals surface area contributed by atoms with Gasteiger partial charge in [-0.05, 0) is 35.7 Å². The first-order valence-corrected chi connectivity index (χ1v) is 7.15. The van der Waals surface area contributed by atoms with Crippen molar-refractivity contribution in [1.29, 1.82) is 0 Å². The maximum absolute atomic E-state index is 4.18. The van der Waals surface area contributed by atoms with Crippen LogP contribution in [0.1, 0.15) is 0 Å². The zero-order valence-corrected chi connectivity index (χ0v) is 12.3. The van der Waals surface area contributed by atoms with Crippen molar-refractivity contribution < 1.29 is 0 Å². The number of para-hydroxylation sites is 1. The molecule has 4 aromatic rings. The molecule has 0 atom stereocenters. The molecule has 0 bridgehead atoms. The van der Waals surface area contributed by atoms with Crippen LogP contribution in [0.25, 0.3) is 21.8 Å². The number of rotatable bonds is 0. The van der Waals surface area contributed by atoms with E-state index in [4.69, 9.17) is 0 Å². The van der Waals surface area contributed by atoms with Crippen LogP contribution in [0.5, 0.6) is 0 Å². The highest BCUT2D eigenvalue weighted by atomic mass is 79.9. The van der Waals surface area contributed by atoms with Gasteiger partial charge < -0.3 is 4.98 Å². The first kappa shape index (κ1) is 12.9. The third-order valence-electron chi connectivity index (χ3n) is 3.03. The quantitative estimate of drug-likeness (QED) is 0.475. The van der Waals surface area contributed by atoms with Crippen LogP contribution < -0.4 is 0 Å². The van der Waals surface area contributed by atoms with Gasteiger partial charge in [-0.15, -0.1) is 0 Å². The molecule has 2 aromatic carbocycles. The Kier molecular flexibility index (Phi) is 3.79. The molecule has 2 aromatic heterocycles. The average molecular weight is 325 g/mol. The van der Waals surface area contributed by atoms with E-state index in [0.29, 0.717) is 0 Å². The third-order valence-corrected chi connectivity index (χ3v) is 3.52. The number of hydrogen-bond donors (Lipinski definition) is 1. The number of pyridine rings is 1. The maximum Gasteiger partial charge on any atom is 0.0701 e. The van der Waals surface area contributed by atoms with Gasteiger partial charge in [0.2, 0.25) is 0 Å². The Balaban J connectivity index is 0.000000121. The van der Waals surface area contributed by atoms with Crippen molar-refractivity contribution in [2.75, 3.05) is 0 Å². The molecule has 0 saturated heterocycles. The zero-order chi connectivity index (χ0) is 13.8. The first-order valence-electron chi connectivity index (χ1n) is 6.35. The summed E-state index contributed by atoms with van der Waals surface area (Å²) in [7, 11) is 0. The number of aromatic nitrogens is 2. The standard InChI is InChI=1S/C9H7N.C8H6BrN/c1-2-6-9-8(4-1)5-3-7-10-9;9-7-2-1-6-3-4-10-8(6)5-7/h1-7H;1-5,10H. The Morgan fingerprint density at radius 1 is 0.850 bits per heavy atom. The Hall–Kier alpha value is -2.13. The van der Waals surface area contributed by atoms with E-state index in [0.717, 1.165) is 9.99 Å². The van der Waals surface area contributed by atoms with Crippen LogP contribution in [0.15, 0.2) is 77.5 Å². The molecule has 0 unspecified atom stereocenters. The van der Waals surface area contributed by atoms with Gasteiger partial charge in [-0.2, -0.15) is 0 Å². The van der Waals surface area contributed by atoms with E-state index < -0.39 is 0 Å². The number of fused-ring (bicyclic) bond motifs is 2. The predicted octanol–water partition coefficient (Wildman–Crippen LogP) is 5.17. The number of nitrogens with zero attached hydrogens (tertiary/aromatic N) is 1. The van der Waals surface area contributed by atoms with Crippen molar-refractivity contribution in [3.8, 4) is 0 Å². The van der Waals surface area contributed by atoms with Gasteiger partial charge in [0.1, 0.15) is 0 Å². The minimum atomic E-state index is 1.06. The fraction of sp³-hybridized carbons (Fsp3) is 0. The average Bonchev–Trinajstić information content (AvgIpc) is 2.95. The Morgan fingerprint density at radius 2 is 1.70 bits per heavy atom. The number of halogens is 1. The molecule has 98 valence electrons. The summed E-state index contributed by atoms with van der Waals surface area (Å²) in [4.78, 5) is 7.31. The summed E-state index contributed by atoms with van der Waals surface area (Å²) in [5, 5.41) is 2.45. The monoisotopic (exact) mass is 324 g/mol. The smallest absolute Gasteiger partial charge is 0.0701 e. The molecular weight excluding hydrogens is 312 g/mol. The number of hydrogen-bond acceptors (Lipinski definition) is 1. The predicted molar refractivity (Wildman–Crippen MR) is 87.7 cm³/mol. The highest BCUT2D eigenvalue weighted by Crippen LogP contribution is 2.17. The summed E-state index contributed by atoms with van der Waals surface area (Å²) >= 11 is 3.40. The van der Waals surface area contributed by atoms with Crippen LogP contribution in [0.3, 0.4) is 0 Å². The van der Waals surface area contributed by atoms with Gasteiger partial charge in [0.15, 0.2) is 0 Å². The molecule has 0 fully saturated rings. The van der Waals surface area contributed by atoms with Crippen LogP contribution in [0.4, 0.5) is 0 Å². The van der Waals surface area contributed by atoms with Gasteiger partial charge in [0, 0.05) is 27.8 Å². The zero-order valence-electron chi connectivity index (χ0n) is 10.8. The van der Waals surface area contributed by atoms with Crippen molar-refractivity contribution >= 4 is 37.7 Å². The molecule has 0 aliphatic rings. The normalized spacial score (nSPS) is 10.2. The van der Waals surface area contributed by atoms with Gasteiger partial charge in [-0.25, -0.2) is 0 Å². The Morgan fingerprint density at radius 3 is 2.60 bits per heavy atom. The Labute approximate surface area is 125 Å². The number of H-pyrrole nitrogens is 1. The maximum atomic E-state index is 4.18. The summed E-state index contributed by atoms with van der Waals surface area (Å²) in [5.74, 6) is 0. The summed E-state index contributed by atoms with van der Waals surface area (Å²) in [6.07, 6.45) is 3.75. The van der Waals surface area contributed by atoms with E-state index in [9.17, 15) is 0 Å². The lowest BCUT2D eigenvalue weighted by atomic mass is 10.2. The van der Waals surface area contributed by atoms with Crippen LogP contribution >= 0.6 is 15.9 Å². The topological polar surface area (TPSA) is 28.7 Å². The lowest BCUT2D eigenvalue weighted by molar-refractivity contribution is 1.41. The highest BCUT2D eigenvalue weighted by molar-refractivity contribution is 9.10. The molecule has 1 N–H and O–H groups in total. The lowest BCUT2D eigenvalue weighted by Crippen LogP contribution is -1.73. The van der Waals surface area contributed by atoms with E-state index in [2.05, 4.69) is 56.2 Å². The lowest BCUT2D eigenvalue weighted by Gasteiger charge is -1.91. The molecule has 0 aliphatic carbocycles. The highest BCUT2D eigenvalue weighted by Gasteiger charge is 1.92. The van der Waals surface area contributed by atoms with Crippen LogP contribution in [-0.4, -0.2) is 9.97 Å². The molecule has 2 nitrogen and oxygen atoms in total. The van der Waals surface area contributed by atoms with Gasteiger partial charge in [0.25, 0.3) is 0 Å². The molecular formula is C17H13BrN2. The molecule has 20 heavy (non-hydrogen) atoms. The summed E-state index contributed by atoms with van der Waals surface area (Å²) in [5.41, 5.74) is 2.24. The van der Waals surface area contributed by atoms with Crippen LogP contribution in [0, 0.1) is 0 Å². The Bertz CT molecular complexity index is 771. The molecule has 0 aliphatic heterocycles. The fourth-order valence-electron chi connectivity index (χ4n) is 2.04. The fourth-order valence-corrected chi connectivity index (χ4v) is 2.40. The number of nitrogens with one attached hydrogen (secondary N) is 1. The second kappa shape index (κ2) is 5.88. The van der Waals surface area contributed by atoms with Crippen molar-refractivity contribution in [3.63, 3.8) is 0 Å². The molecule has 0 amide bonds. The molecule has 0 saturated carbocycles. The molecule has 0 radical (unpaired) electrons. The molecule has 2 heterocycles. The van der Waals surface area contributed by atoms with E-state index in [1.54, 1.807) is 0 Å². The van der Waals surface area contributed by atoms with E-state index >= 15 is 0 Å². The van der Waals surface area contributed by atoms with Gasteiger partial charge in [-0.1, -0.05) is 46.3 Å². The second-order valence-electron chi connectivity index (χ2n) is 4.41. The minimum Gasteiger partial charge on any atom is -0.361 e. The van der Waals surface area contributed by atoms with E-state index in [1.807, 2.05) is 42.7 Å². The van der Waals surface area contributed by atoms with Crippen molar-refractivity contribution in [2.45, 2.75) is 0 Å². The molecule has 0 spiro atoms. The van der Waals surface area contributed by atoms with E-state index in [-0.39, 0.29) is 0 Å². The van der Waals surface area contributed by atoms with Crippen molar-refractivity contribution in [1.82, 2.24) is 9.97 Å². The number of aromatic amines is 1. The van der Waals surface area contributed by atoms with Gasteiger partial charge in [0.05, 0.1) is 5.52 Å². The van der Waals surface area contributed by atoms with Gasteiger partial charge in [-0.3, -0.25) is 4.98 Å². The summed E-state index contributed by atoms with van der Waals surface area (Å²) < 4.78 is 1.11. The number of benzene rings is 2. The van der Waals surface area contributed by atoms with Crippen LogP contribution in [0.2, 0.25) is 0 Å². The van der Waals surface area contributed by atoms with Crippen molar-refractivity contribution in [2.24, 2.45) is 0 Å².